The molecule has 3 rings (SSSR count). The second-order valence-corrected chi connectivity index (χ2v) is 8.68. The number of hydrogen-bond donors (Lipinski definition) is 3. The molecule has 0 atom stereocenters. The average molecular weight is 399 g/mol. The number of nitrogens with one attached hydrogen (secondary N) is 3. The normalized spacial score (nSPS) is 16.1. The van der Waals surface area contributed by atoms with Gasteiger partial charge in [-0.3, -0.25) is 9.89 Å². The fourth-order valence-electron chi connectivity index (χ4n) is 3.72. The fourth-order valence-corrected chi connectivity index (χ4v) is 3.72. The summed E-state index contributed by atoms with van der Waals surface area (Å²) in [7, 11) is 0. The van der Waals surface area contributed by atoms with Gasteiger partial charge >= 0.3 is 6.09 Å². The molecule has 1 aliphatic rings. The van der Waals surface area contributed by atoms with E-state index in [4.69, 9.17) is 4.74 Å². The van der Waals surface area contributed by atoms with Gasteiger partial charge in [0.25, 0.3) is 5.91 Å². The monoisotopic (exact) mass is 398 g/mol. The minimum Gasteiger partial charge on any atom is -0.444 e. The van der Waals surface area contributed by atoms with E-state index in [1.165, 1.54) is 6.20 Å². The first-order valence-electron chi connectivity index (χ1n) is 10.2. The molecule has 0 spiro atoms. The Morgan fingerprint density at radius 2 is 1.83 bits per heavy atom. The first-order chi connectivity index (χ1) is 13.8. The zero-order chi connectivity index (χ0) is 20.9. The van der Waals surface area contributed by atoms with Gasteiger partial charge in [-0.05, 0) is 33.6 Å². The molecule has 1 aromatic heterocycles. The van der Waals surface area contributed by atoms with Crippen molar-refractivity contribution in [3.8, 4) is 11.3 Å². The van der Waals surface area contributed by atoms with Gasteiger partial charge in [0.15, 0.2) is 0 Å². The number of carbonyl (C=O) groups is 2. The van der Waals surface area contributed by atoms with Crippen LogP contribution in [0.2, 0.25) is 0 Å². The Kier molecular flexibility index (Phi) is 6.25. The second-order valence-electron chi connectivity index (χ2n) is 8.68. The molecule has 2 aromatic rings. The van der Waals surface area contributed by atoms with Crippen molar-refractivity contribution < 1.29 is 14.3 Å². The molecule has 1 fully saturated rings. The third kappa shape index (κ3) is 5.59. The highest BCUT2D eigenvalue weighted by Crippen LogP contribution is 2.28. The molecule has 1 heterocycles. The zero-order valence-corrected chi connectivity index (χ0v) is 17.4. The van der Waals surface area contributed by atoms with Crippen LogP contribution in [0.1, 0.15) is 63.2 Å². The van der Waals surface area contributed by atoms with E-state index >= 15 is 0 Å². The number of rotatable bonds is 5. The Balaban J connectivity index is 1.69. The number of aromatic amines is 1. The summed E-state index contributed by atoms with van der Waals surface area (Å²) in [4.78, 5) is 25.3. The van der Waals surface area contributed by atoms with Crippen LogP contribution in [0.5, 0.6) is 0 Å². The summed E-state index contributed by atoms with van der Waals surface area (Å²) >= 11 is 0. The molecule has 0 aliphatic heterocycles. The van der Waals surface area contributed by atoms with Gasteiger partial charge in [0.05, 0.1) is 23.0 Å². The lowest BCUT2D eigenvalue weighted by molar-refractivity contribution is 0.0419. The predicted molar refractivity (Wildman–Crippen MR) is 112 cm³/mol. The quantitative estimate of drug-likeness (QED) is 0.708. The van der Waals surface area contributed by atoms with Crippen LogP contribution in [0, 0.1) is 0 Å². The van der Waals surface area contributed by atoms with E-state index in [9.17, 15) is 9.59 Å². The highest BCUT2D eigenvalue weighted by atomic mass is 16.6. The number of carbonyl (C=O) groups excluding carboxylic acids is 2. The standard InChI is InChI=1S/C22H30N4O3/c1-21(2,3)29-20(28)25-22(12-8-5-9-13-22)15-23-19(27)17-14-24-26-18(17)16-10-6-4-7-11-16/h4,6-7,10-11,14H,5,8-9,12-13,15H2,1-3H3,(H,23,27)(H,24,26)(H,25,28). The maximum absolute atomic E-state index is 12.9. The molecule has 1 aromatic carbocycles. The summed E-state index contributed by atoms with van der Waals surface area (Å²) in [5.41, 5.74) is 1.01. The van der Waals surface area contributed by atoms with Crippen LogP contribution in [-0.2, 0) is 4.74 Å². The largest absolute Gasteiger partial charge is 0.444 e. The van der Waals surface area contributed by atoms with E-state index < -0.39 is 17.2 Å². The maximum Gasteiger partial charge on any atom is 0.408 e. The van der Waals surface area contributed by atoms with Crippen molar-refractivity contribution in [3.63, 3.8) is 0 Å². The Bertz CT molecular complexity index is 833. The van der Waals surface area contributed by atoms with Crippen molar-refractivity contribution >= 4 is 12.0 Å². The van der Waals surface area contributed by atoms with Crippen LogP contribution in [-0.4, -0.2) is 39.9 Å². The van der Waals surface area contributed by atoms with E-state index in [0.29, 0.717) is 17.8 Å². The molecule has 29 heavy (non-hydrogen) atoms. The maximum atomic E-state index is 12.9. The SMILES string of the molecule is CC(C)(C)OC(=O)NC1(CNC(=O)c2cn[nH]c2-c2ccccc2)CCCCC1. The van der Waals surface area contributed by atoms with Gasteiger partial charge in [-0.1, -0.05) is 49.6 Å². The Labute approximate surface area is 171 Å². The molecule has 2 amide bonds. The molecule has 7 heteroatoms. The lowest BCUT2D eigenvalue weighted by Gasteiger charge is -2.38. The van der Waals surface area contributed by atoms with Gasteiger partial charge in [-0.15, -0.1) is 0 Å². The van der Waals surface area contributed by atoms with Crippen molar-refractivity contribution in [2.24, 2.45) is 0 Å². The third-order valence-corrected chi connectivity index (χ3v) is 5.11. The van der Waals surface area contributed by atoms with Crippen molar-refractivity contribution in [1.29, 1.82) is 0 Å². The summed E-state index contributed by atoms with van der Waals surface area (Å²) < 4.78 is 5.44. The summed E-state index contributed by atoms with van der Waals surface area (Å²) in [6, 6.07) is 9.61. The van der Waals surface area contributed by atoms with Crippen LogP contribution in [0.25, 0.3) is 11.3 Å². The highest BCUT2D eigenvalue weighted by Gasteiger charge is 2.35. The van der Waals surface area contributed by atoms with Crippen LogP contribution < -0.4 is 10.6 Å². The highest BCUT2D eigenvalue weighted by molar-refractivity contribution is 5.99. The summed E-state index contributed by atoms with van der Waals surface area (Å²) in [5, 5.41) is 13.0. The van der Waals surface area contributed by atoms with Crippen molar-refractivity contribution in [1.82, 2.24) is 20.8 Å². The molecule has 0 bridgehead atoms. The number of benzene rings is 1. The van der Waals surface area contributed by atoms with Gasteiger partial charge < -0.3 is 15.4 Å². The molecule has 1 aliphatic carbocycles. The van der Waals surface area contributed by atoms with E-state index in [2.05, 4.69) is 20.8 Å². The molecule has 0 saturated heterocycles. The minimum atomic E-state index is -0.565. The van der Waals surface area contributed by atoms with Crippen molar-refractivity contribution in [2.45, 2.75) is 64.0 Å². The lowest BCUT2D eigenvalue weighted by atomic mass is 9.81. The van der Waals surface area contributed by atoms with Gasteiger partial charge in [-0.2, -0.15) is 5.10 Å². The lowest BCUT2D eigenvalue weighted by Crippen LogP contribution is -2.57. The predicted octanol–water partition coefficient (Wildman–Crippen LogP) is 4.03. The fraction of sp³-hybridized carbons (Fsp3) is 0.500. The number of aromatic nitrogens is 2. The molecular formula is C22H30N4O3. The van der Waals surface area contributed by atoms with Gasteiger partial charge in [0.2, 0.25) is 0 Å². The van der Waals surface area contributed by atoms with E-state index in [0.717, 1.165) is 37.7 Å². The number of nitrogens with zero attached hydrogens (tertiary/aromatic N) is 1. The van der Waals surface area contributed by atoms with E-state index in [1.807, 2.05) is 51.1 Å². The van der Waals surface area contributed by atoms with Gasteiger partial charge in [0, 0.05) is 12.1 Å². The first kappa shape index (κ1) is 20.9. The van der Waals surface area contributed by atoms with Crippen LogP contribution >= 0.6 is 0 Å². The Hall–Kier alpha value is -2.83. The Morgan fingerprint density at radius 1 is 1.14 bits per heavy atom. The van der Waals surface area contributed by atoms with Crippen molar-refractivity contribution in [3.05, 3.63) is 42.1 Å². The van der Waals surface area contributed by atoms with Crippen molar-refractivity contribution in [2.75, 3.05) is 6.54 Å². The van der Waals surface area contributed by atoms with Crippen LogP contribution in [0.4, 0.5) is 4.79 Å². The van der Waals surface area contributed by atoms with Gasteiger partial charge in [-0.25, -0.2) is 4.79 Å². The molecule has 7 nitrogen and oxygen atoms in total. The molecule has 156 valence electrons. The summed E-state index contributed by atoms with van der Waals surface area (Å²) in [6.07, 6.45) is 5.85. The molecule has 0 unspecified atom stereocenters. The second kappa shape index (κ2) is 8.68. The molecule has 3 N–H and O–H groups in total. The van der Waals surface area contributed by atoms with Gasteiger partial charge in [0.1, 0.15) is 5.60 Å². The summed E-state index contributed by atoms with van der Waals surface area (Å²) in [6.45, 7) is 5.87. The number of hydrogen-bond acceptors (Lipinski definition) is 4. The first-order valence-corrected chi connectivity index (χ1v) is 10.2. The number of amides is 2. The molecule has 0 radical (unpaired) electrons. The van der Waals surface area contributed by atoms with E-state index in [1.54, 1.807) is 0 Å². The topological polar surface area (TPSA) is 96.1 Å². The summed E-state index contributed by atoms with van der Waals surface area (Å²) in [5.74, 6) is -0.214. The van der Waals surface area contributed by atoms with E-state index in [-0.39, 0.29) is 5.91 Å². The van der Waals surface area contributed by atoms with Crippen LogP contribution in [0.15, 0.2) is 36.5 Å². The number of H-pyrrole nitrogens is 1. The van der Waals surface area contributed by atoms with Crippen LogP contribution in [0.3, 0.4) is 0 Å². The average Bonchev–Trinajstić information content (AvgIpc) is 3.16. The third-order valence-electron chi connectivity index (χ3n) is 5.11. The molecule has 1 saturated carbocycles. The Morgan fingerprint density at radius 3 is 2.48 bits per heavy atom. The molecular weight excluding hydrogens is 368 g/mol. The zero-order valence-electron chi connectivity index (χ0n) is 17.4. The minimum absolute atomic E-state index is 0.214. The number of ether oxygens (including phenoxy) is 1. The smallest absolute Gasteiger partial charge is 0.408 e. The number of alkyl carbamates (subject to hydrolysis) is 1.